The number of rotatable bonds is 7. The van der Waals surface area contributed by atoms with Crippen LogP contribution >= 0.6 is 11.3 Å². The highest BCUT2D eigenvalue weighted by atomic mass is 32.1. The van der Waals surface area contributed by atoms with Crippen molar-refractivity contribution in [3.63, 3.8) is 0 Å². The van der Waals surface area contributed by atoms with E-state index in [0.717, 1.165) is 33.6 Å². The number of aryl methyl sites for hydroxylation is 4. The zero-order chi connectivity index (χ0) is 22.5. The number of hydrogen-bond acceptors (Lipinski definition) is 5. The standard InChI is InChI=1S/C24H28N4O2S/c1-15-6-8-19(9-7-15)20-14-31-24(25-20)27-22(30)13-28(5)12-21(29)26-23-17(3)10-16(2)11-18(23)4/h6-11,14H,12-13H2,1-5H3,(H,26,29)(H,25,27,30). The van der Waals surface area contributed by atoms with Crippen LogP contribution in [0.4, 0.5) is 10.8 Å². The van der Waals surface area contributed by atoms with Crippen molar-refractivity contribution in [2.75, 3.05) is 30.8 Å². The molecule has 3 rings (SSSR count). The molecule has 6 nitrogen and oxygen atoms in total. The molecule has 2 N–H and O–H groups in total. The Labute approximate surface area is 187 Å². The summed E-state index contributed by atoms with van der Waals surface area (Å²) in [7, 11) is 1.74. The van der Waals surface area contributed by atoms with E-state index >= 15 is 0 Å². The zero-order valence-corrected chi connectivity index (χ0v) is 19.4. The van der Waals surface area contributed by atoms with Gasteiger partial charge in [0.25, 0.3) is 0 Å². The van der Waals surface area contributed by atoms with Crippen LogP contribution in [0.2, 0.25) is 0 Å². The number of hydrogen-bond donors (Lipinski definition) is 2. The van der Waals surface area contributed by atoms with Crippen LogP contribution in [0.25, 0.3) is 11.3 Å². The van der Waals surface area contributed by atoms with Gasteiger partial charge in [0, 0.05) is 16.6 Å². The Morgan fingerprint density at radius 3 is 2.10 bits per heavy atom. The summed E-state index contributed by atoms with van der Waals surface area (Å²) in [5.41, 5.74) is 7.08. The third kappa shape index (κ3) is 6.23. The fraction of sp³-hybridized carbons (Fsp3) is 0.292. The molecule has 0 radical (unpaired) electrons. The maximum absolute atomic E-state index is 12.4. The second-order valence-electron chi connectivity index (χ2n) is 7.95. The lowest BCUT2D eigenvalue weighted by Crippen LogP contribution is -2.36. The molecule has 162 valence electrons. The maximum Gasteiger partial charge on any atom is 0.240 e. The van der Waals surface area contributed by atoms with Gasteiger partial charge in [-0.2, -0.15) is 0 Å². The van der Waals surface area contributed by atoms with E-state index in [0.29, 0.717) is 5.13 Å². The minimum atomic E-state index is -0.206. The fourth-order valence-corrected chi connectivity index (χ4v) is 4.19. The number of benzene rings is 2. The van der Waals surface area contributed by atoms with Gasteiger partial charge in [-0.25, -0.2) is 4.98 Å². The zero-order valence-electron chi connectivity index (χ0n) is 18.6. The summed E-state index contributed by atoms with van der Waals surface area (Å²) < 4.78 is 0. The van der Waals surface area contributed by atoms with Crippen LogP contribution in [0, 0.1) is 27.7 Å². The molecule has 0 bridgehead atoms. The summed E-state index contributed by atoms with van der Waals surface area (Å²) >= 11 is 1.38. The van der Waals surface area contributed by atoms with Crippen LogP contribution in [0.5, 0.6) is 0 Å². The third-order valence-corrected chi connectivity index (χ3v) is 5.62. The third-order valence-electron chi connectivity index (χ3n) is 4.87. The van der Waals surface area contributed by atoms with Crippen LogP contribution in [-0.2, 0) is 9.59 Å². The van der Waals surface area contributed by atoms with Crippen molar-refractivity contribution >= 4 is 34.0 Å². The molecule has 3 aromatic rings. The average Bonchev–Trinajstić information content (AvgIpc) is 3.13. The van der Waals surface area contributed by atoms with Gasteiger partial charge in [-0.05, 0) is 45.9 Å². The molecular formula is C24H28N4O2S. The van der Waals surface area contributed by atoms with Gasteiger partial charge < -0.3 is 10.6 Å². The predicted octanol–water partition coefficient (Wildman–Crippen LogP) is 4.55. The summed E-state index contributed by atoms with van der Waals surface area (Å²) in [6, 6.07) is 12.2. The van der Waals surface area contributed by atoms with E-state index < -0.39 is 0 Å². The van der Waals surface area contributed by atoms with Crippen molar-refractivity contribution in [2.24, 2.45) is 0 Å². The molecule has 0 unspecified atom stereocenters. The number of thiazole rings is 1. The molecule has 0 saturated heterocycles. The minimum absolute atomic E-state index is 0.0960. The van der Waals surface area contributed by atoms with Crippen LogP contribution in [0.3, 0.4) is 0 Å². The van der Waals surface area contributed by atoms with Crippen LogP contribution in [-0.4, -0.2) is 41.8 Å². The first kappa shape index (κ1) is 22.7. The number of carbonyl (C=O) groups is 2. The summed E-state index contributed by atoms with van der Waals surface area (Å²) in [4.78, 5) is 31.0. The Bertz CT molecular complexity index is 1070. The minimum Gasteiger partial charge on any atom is -0.324 e. The second kappa shape index (κ2) is 9.85. The van der Waals surface area contributed by atoms with Crippen molar-refractivity contribution in [3.8, 4) is 11.3 Å². The SMILES string of the molecule is Cc1ccc(-c2csc(NC(=O)CN(C)CC(=O)Nc3c(C)cc(C)cc3C)n2)cc1. The highest BCUT2D eigenvalue weighted by Crippen LogP contribution is 2.25. The van der Waals surface area contributed by atoms with E-state index in [1.165, 1.54) is 16.9 Å². The number of carbonyl (C=O) groups excluding carboxylic acids is 2. The molecule has 0 saturated carbocycles. The second-order valence-corrected chi connectivity index (χ2v) is 8.80. The first-order valence-corrected chi connectivity index (χ1v) is 11.0. The Balaban J connectivity index is 1.52. The molecule has 0 aliphatic carbocycles. The Kier molecular flexibility index (Phi) is 7.20. The number of amides is 2. The van der Waals surface area contributed by atoms with Crippen molar-refractivity contribution in [1.82, 2.24) is 9.88 Å². The molecule has 1 aromatic heterocycles. The molecule has 0 aliphatic heterocycles. The lowest BCUT2D eigenvalue weighted by Gasteiger charge is -2.17. The molecule has 1 heterocycles. The molecule has 0 aliphatic rings. The number of nitrogens with one attached hydrogen (secondary N) is 2. The molecule has 0 spiro atoms. The van der Waals surface area contributed by atoms with Crippen LogP contribution in [0.15, 0.2) is 41.8 Å². The van der Waals surface area contributed by atoms with Crippen molar-refractivity contribution in [3.05, 3.63) is 64.0 Å². The van der Waals surface area contributed by atoms with Gasteiger partial charge in [0.05, 0.1) is 18.8 Å². The van der Waals surface area contributed by atoms with E-state index in [2.05, 4.69) is 15.6 Å². The van der Waals surface area contributed by atoms with E-state index in [1.54, 1.807) is 11.9 Å². The van der Waals surface area contributed by atoms with Gasteiger partial charge in [0.2, 0.25) is 11.8 Å². The summed E-state index contributed by atoms with van der Waals surface area (Å²) in [6.07, 6.45) is 0. The highest BCUT2D eigenvalue weighted by Gasteiger charge is 2.14. The largest absolute Gasteiger partial charge is 0.324 e. The number of anilines is 2. The van der Waals surface area contributed by atoms with E-state index in [4.69, 9.17) is 0 Å². The van der Waals surface area contributed by atoms with E-state index in [-0.39, 0.29) is 24.9 Å². The summed E-state index contributed by atoms with van der Waals surface area (Å²) in [6.45, 7) is 8.24. The molecule has 7 heteroatoms. The smallest absolute Gasteiger partial charge is 0.240 e. The van der Waals surface area contributed by atoms with E-state index in [9.17, 15) is 9.59 Å². The van der Waals surface area contributed by atoms with Crippen molar-refractivity contribution < 1.29 is 9.59 Å². The molecule has 0 atom stereocenters. The monoisotopic (exact) mass is 436 g/mol. The van der Waals surface area contributed by atoms with Crippen LogP contribution < -0.4 is 10.6 Å². The maximum atomic E-state index is 12.4. The highest BCUT2D eigenvalue weighted by molar-refractivity contribution is 7.14. The molecule has 0 fully saturated rings. The summed E-state index contributed by atoms with van der Waals surface area (Å²) in [5, 5.41) is 8.25. The fourth-order valence-electron chi connectivity index (χ4n) is 3.45. The molecule has 31 heavy (non-hydrogen) atoms. The predicted molar refractivity (Wildman–Crippen MR) is 128 cm³/mol. The number of nitrogens with zero attached hydrogens (tertiary/aromatic N) is 2. The normalized spacial score (nSPS) is 10.9. The first-order chi connectivity index (χ1) is 14.7. The van der Waals surface area contributed by atoms with Gasteiger partial charge in [0.1, 0.15) is 0 Å². The summed E-state index contributed by atoms with van der Waals surface area (Å²) in [5.74, 6) is -0.357. The lowest BCUT2D eigenvalue weighted by molar-refractivity contribution is -0.119. The van der Waals surface area contributed by atoms with Crippen molar-refractivity contribution in [1.29, 1.82) is 0 Å². The Hall–Kier alpha value is -3.03. The molecular weight excluding hydrogens is 408 g/mol. The van der Waals surface area contributed by atoms with Crippen molar-refractivity contribution in [2.45, 2.75) is 27.7 Å². The number of likely N-dealkylation sites (N-methyl/N-ethyl adjacent to an activating group) is 1. The van der Waals surface area contributed by atoms with Gasteiger partial charge in [-0.3, -0.25) is 14.5 Å². The van der Waals surface area contributed by atoms with Gasteiger partial charge in [0.15, 0.2) is 5.13 Å². The lowest BCUT2D eigenvalue weighted by atomic mass is 10.1. The van der Waals surface area contributed by atoms with E-state index in [1.807, 2.05) is 69.5 Å². The van der Waals surface area contributed by atoms with Gasteiger partial charge >= 0.3 is 0 Å². The first-order valence-electron chi connectivity index (χ1n) is 10.1. The molecule has 2 aromatic carbocycles. The quantitative estimate of drug-likeness (QED) is 0.570. The topological polar surface area (TPSA) is 74.3 Å². The van der Waals surface area contributed by atoms with Gasteiger partial charge in [-0.15, -0.1) is 11.3 Å². The Morgan fingerprint density at radius 2 is 1.48 bits per heavy atom. The average molecular weight is 437 g/mol. The van der Waals surface area contributed by atoms with Gasteiger partial charge in [-0.1, -0.05) is 47.5 Å². The number of aromatic nitrogens is 1. The Morgan fingerprint density at radius 1 is 0.903 bits per heavy atom. The molecule has 2 amide bonds. The van der Waals surface area contributed by atoms with Crippen LogP contribution in [0.1, 0.15) is 22.3 Å².